The average Bonchev–Trinajstić information content (AvgIpc) is 2.86. The molecule has 114 valence electrons. The topological polar surface area (TPSA) is 97.5 Å². The number of nitrogens with zero attached hydrogens (tertiary/aromatic N) is 1. The van der Waals surface area contributed by atoms with Crippen molar-refractivity contribution in [3.8, 4) is 0 Å². The SMILES string of the molecule is CCS(=O)(=O)C1CSCCN1S(=O)(=O)c1cc(N)cs1. The van der Waals surface area contributed by atoms with Gasteiger partial charge in [-0.25, -0.2) is 16.8 Å². The third kappa shape index (κ3) is 2.98. The molecule has 2 heterocycles. The molecule has 1 fully saturated rings. The lowest BCUT2D eigenvalue weighted by Gasteiger charge is -2.33. The number of nitrogens with two attached hydrogens (primary N) is 1. The predicted octanol–water partition coefficient (Wildman–Crippen LogP) is 0.829. The van der Waals surface area contributed by atoms with Crippen molar-refractivity contribution in [1.29, 1.82) is 0 Å². The van der Waals surface area contributed by atoms with Gasteiger partial charge in [0, 0.05) is 34.9 Å². The normalized spacial score (nSPS) is 21.9. The minimum absolute atomic E-state index is 0.0726. The Morgan fingerprint density at radius 1 is 1.40 bits per heavy atom. The second-order valence-corrected chi connectivity index (χ2v) is 10.9. The lowest BCUT2D eigenvalue weighted by molar-refractivity contribution is 0.405. The van der Waals surface area contributed by atoms with E-state index in [1.165, 1.54) is 30.1 Å². The molecule has 2 N–H and O–H groups in total. The van der Waals surface area contributed by atoms with Gasteiger partial charge in [0.2, 0.25) is 0 Å². The summed E-state index contributed by atoms with van der Waals surface area (Å²) in [7, 11) is -7.26. The van der Waals surface area contributed by atoms with Crippen molar-refractivity contribution in [2.24, 2.45) is 0 Å². The number of nitrogen functional groups attached to an aromatic ring is 1. The van der Waals surface area contributed by atoms with Crippen molar-refractivity contribution in [3.63, 3.8) is 0 Å². The molecule has 0 amide bonds. The molecule has 1 aliphatic heterocycles. The second kappa shape index (κ2) is 5.84. The zero-order valence-corrected chi connectivity index (χ0v) is 14.1. The second-order valence-electron chi connectivity index (χ2n) is 4.30. The summed E-state index contributed by atoms with van der Waals surface area (Å²) < 4.78 is 50.6. The number of hydrogen-bond donors (Lipinski definition) is 1. The van der Waals surface area contributed by atoms with Gasteiger partial charge in [0.25, 0.3) is 10.0 Å². The Labute approximate surface area is 127 Å². The minimum atomic E-state index is -3.80. The smallest absolute Gasteiger partial charge is 0.253 e. The summed E-state index contributed by atoms with van der Waals surface area (Å²) in [6, 6.07) is 1.37. The Balaban J connectivity index is 2.42. The molecule has 6 nitrogen and oxygen atoms in total. The van der Waals surface area contributed by atoms with Crippen LogP contribution in [0.25, 0.3) is 0 Å². The number of thiophene rings is 1. The van der Waals surface area contributed by atoms with Crippen molar-refractivity contribution >= 4 is 48.6 Å². The minimum Gasteiger partial charge on any atom is -0.398 e. The number of hydrogen-bond acceptors (Lipinski definition) is 7. The van der Waals surface area contributed by atoms with Crippen molar-refractivity contribution in [3.05, 3.63) is 11.4 Å². The lowest BCUT2D eigenvalue weighted by Crippen LogP contribution is -2.50. The first-order valence-corrected chi connectivity index (χ1v) is 11.1. The summed E-state index contributed by atoms with van der Waals surface area (Å²) in [5, 5.41) is 0.550. The lowest BCUT2D eigenvalue weighted by atomic mass is 10.6. The highest BCUT2D eigenvalue weighted by Crippen LogP contribution is 2.31. The fourth-order valence-electron chi connectivity index (χ4n) is 1.90. The van der Waals surface area contributed by atoms with Crippen LogP contribution in [0.3, 0.4) is 0 Å². The summed E-state index contributed by atoms with van der Waals surface area (Å²) in [6.07, 6.45) is 0. The molecule has 0 aromatic carbocycles. The van der Waals surface area contributed by atoms with E-state index in [4.69, 9.17) is 5.73 Å². The van der Waals surface area contributed by atoms with Crippen LogP contribution in [0.1, 0.15) is 6.92 Å². The Hall–Kier alpha value is -0.290. The molecule has 0 aliphatic carbocycles. The first kappa shape index (κ1) is 16.1. The molecule has 1 aromatic rings. The van der Waals surface area contributed by atoms with Crippen molar-refractivity contribution in [2.45, 2.75) is 16.5 Å². The molecule has 0 spiro atoms. The molecule has 10 heteroatoms. The van der Waals surface area contributed by atoms with Gasteiger partial charge in [0.15, 0.2) is 9.84 Å². The van der Waals surface area contributed by atoms with Crippen molar-refractivity contribution in [1.82, 2.24) is 4.31 Å². The van der Waals surface area contributed by atoms with Crippen LogP contribution in [-0.4, -0.2) is 50.3 Å². The van der Waals surface area contributed by atoms with E-state index in [1.807, 2.05) is 0 Å². The van der Waals surface area contributed by atoms with E-state index < -0.39 is 25.2 Å². The predicted molar refractivity (Wildman–Crippen MR) is 83.2 cm³/mol. The Kier molecular flexibility index (Phi) is 4.69. The van der Waals surface area contributed by atoms with E-state index in [0.717, 1.165) is 15.6 Å². The van der Waals surface area contributed by atoms with Crippen LogP contribution >= 0.6 is 23.1 Å². The number of thioether (sulfide) groups is 1. The summed E-state index contributed by atoms with van der Waals surface area (Å²) in [4.78, 5) is 0. The van der Waals surface area contributed by atoms with Gasteiger partial charge < -0.3 is 5.73 Å². The summed E-state index contributed by atoms with van der Waals surface area (Å²) in [6.45, 7) is 1.73. The van der Waals surface area contributed by atoms with E-state index in [-0.39, 0.29) is 22.3 Å². The van der Waals surface area contributed by atoms with Crippen LogP contribution < -0.4 is 5.73 Å². The number of sulfonamides is 1. The molecule has 1 aliphatic rings. The fourth-order valence-corrected chi connectivity index (χ4v) is 8.35. The van der Waals surface area contributed by atoms with Crippen LogP contribution in [0, 0.1) is 0 Å². The third-order valence-electron chi connectivity index (χ3n) is 3.01. The molecular weight excluding hydrogens is 340 g/mol. The quantitative estimate of drug-likeness (QED) is 0.858. The molecule has 1 saturated heterocycles. The molecular formula is C10H16N2O4S4. The summed E-state index contributed by atoms with van der Waals surface area (Å²) >= 11 is 2.47. The largest absolute Gasteiger partial charge is 0.398 e. The van der Waals surface area contributed by atoms with Crippen molar-refractivity contribution < 1.29 is 16.8 Å². The van der Waals surface area contributed by atoms with Crippen LogP contribution in [0.5, 0.6) is 0 Å². The van der Waals surface area contributed by atoms with Gasteiger partial charge in [-0.1, -0.05) is 6.92 Å². The number of sulfone groups is 1. The van der Waals surface area contributed by atoms with Crippen molar-refractivity contribution in [2.75, 3.05) is 29.5 Å². The molecule has 0 saturated carbocycles. The van der Waals surface area contributed by atoms with Gasteiger partial charge in [0.1, 0.15) is 9.58 Å². The van der Waals surface area contributed by atoms with Crippen LogP contribution in [0.4, 0.5) is 5.69 Å². The Morgan fingerprint density at radius 2 is 2.10 bits per heavy atom. The molecule has 1 unspecified atom stereocenters. The highest BCUT2D eigenvalue weighted by molar-refractivity contribution is 8.01. The molecule has 20 heavy (non-hydrogen) atoms. The van der Waals surface area contributed by atoms with E-state index >= 15 is 0 Å². The molecule has 0 bridgehead atoms. The maximum atomic E-state index is 12.6. The van der Waals surface area contributed by atoms with Gasteiger partial charge in [-0.3, -0.25) is 0 Å². The summed E-state index contributed by atoms with van der Waals surface area (Å²) in [5.74, 6) is 0.795. The van der Waals surface area contributed by atoms with Gasteiger partial charge >= 0.3 is 0 Å². The van der Waals surface area contributed by atoms with Crippen LogP contribution in [-0.2, 0) is 19.9 Å². The summed E-state index contributed by atoms with van der Waals surface area (Å²) in [5.41, 5.74) is 5.93. The Morgan fingerprint density at radius 3 is 2.65 bits per heavy atom. The third-order valence-corrected chi connectivity index (χ3v) is 9.78. The maximum absolute atomic E-state index is 12.6. The number of anilines is 1. The van der Waals surface area contributed by atoms with Gasteiger partial charge in [-0.05, 0) is 6.07 Å². The monoisotopic (exact) mass is 356 g/mol. The average molecular weight is 357 g/mol. The Bertz CT molecular complexity index is 680. The van der Waals surface area contributed by atoms with Gasteiger partial charge in [-0.2, -0.15) is 16.1 Å². The van der Waals surface area contributed by atoms with E-state index in [0.29, 0.717) is 11.4 Å². The van der Waals surface area contributed by atoms with Gasteiger partial charge in [0.05, 0.1) is 0 Å². The molecule has 1 aromatic heterocycles. The molecule has 0 radical (unpaired) electrons. The van der Waals surface area contributed by atoms with E-state index in [2.05, 4.69) is 0 Å². The molecule has 1 atom stereocenters. The van der Waals surface area contributed by atoms with E-state index in [9.17, 15) is 16.8 Å². The van der Waals surface area contributed by atoms with Crippen LogP contribution in [0.2, 0.25) is 0 Å². The standard InChI is InChI=1S/C10H16N2O4S4/c1-2-19(13,14)9-7-17-4-3-12(9)20(15,16)10-5-8(11)6-18-10/h5-6,9H,2-4,7,11H2,1H3. The zero-order valence-electron chi connectivity index (χ0n) is 10.9. The van der Waals surface area contributed by atoms with E-state index in [1.54, 1.807) is 0 Å². The zero-order chi connectivity index (χ0) is 15.0. The first-order valence-electron chi connectivity index (χ1n) is 5.94. The molecule has 2 rings (SSSR count). The number of rotatable bonds is 4. The maximum Gasteiger partial charge on any atom is 0.253 e. The van der Waals surface area contributed by atoms with Crippen LogP contribution in [0.15, 0.2) is 15.7 Å². The van der Waals surface area contributed by atoms with Gasteiger partial charge in [-0.15, -0.1) is 11.3 Å². The highest BCUT2D eigenvalue weighted by Gasteiger charge is 2.41. The highest BCUT2D eigenvalue weighted by atomic mass is 32.2. The fraction of sp³-hybridized carbons (Fsp3) is 0.600. The first-order chi connectivity index (χ1) is 9.29.